The van der Waals surface area contributed by atoms with E-state index in [2.05, 4.69) is 11.3 Å². The van der Waals surface area contributed by atoms with Gasteiger partial charge in [-0.25, -0.2) is 13.2 Å². The standard InChI is InChI=1S/C12H12O5S/c1-10(12(14)17-9-5-8-13)18(15,16)11-6-3-2-4-7-11/h2-8,13H,1,9H2. The molecule has 0 spiro atoms. The Morgan fingerprint density at radius 1 is 1.33 bits per heavy atom. The fourth-order valence-corrected chi connectivity index (χ4v) is 2.18. The molecule has 1 N–H and O–H groups in total. The predicted molar refractivity (Wildman–Crippen MR) is 65.5 cm³/mol. The lowest BCUT2D eigenvalue weighted by Gasteiger charge is -2.06. The van der Waals surface area contributed by atoms with Gasteiger partial charge in [0.25, 0.3) is 0 Å². The van der Waals surface area contributed by atoms with Crippen molar-refractivity contribution in [3.63, 3.8) is 0 Å². The Kier molecular flexibility index (Phi) is 4.67. The molecule has 0 fully saturated rings. The molecular weight excluding hydrogens is 256 g/mol. The monoisotopic (exact) mass is 268 g/mol. The first-order valence-electron chi connectivity index (χ1n) is 4.95. The molecule has 0 aliphatic rings. The highest BCUT2D eigenvalue weighted by Gasteiger charge is 2.25. The van der Waals surface area contributed by atoms with Crippen LogP contribution < -0.4 is 0 Å². The van der Waals surface area contributed by atoms with E-state index < -0.39 is 20.7 Å². The van der Waals surface area contributed by atoms with Gasteiger partial charge in [0.1, 0.15) is 11.5 Å². The zero-order chi connectivity index (χ0) is 13.6. The maximum absolute atomic E-state index is 11.9. The van der Waals surface area contributed by atoms with Crippen LogP contribution in [0.2, 0.25) is 0 Å². The molecule has 0 radical (unpaired) electrons. The van der Waals surface area contributed by atoms with Crippen LogP contribution in [0.4, 0.5) is 0 Å². The van der Waals surface area contributed by atoms with Gasteiger partial charge < -0.3 is 9.84 Å². The van der Waals surface area contributed by atoms with E-state index in [-0.39, 0.29) is 11.5 Å². The first-order valence-corrected chi connectivity index (χ1v) is 6.44. The minimum atomic E-state index is -3.93. The Bertz CT molecular complexity index is 557. The minimum absolute atomic E-state index is 0.0235. The molecule has 0 aliphatic heterocycles. The molecule has 18 heavy (non-hydrogen) atoms. The van der Waals surface area contributed by atoms with Crippen LogP contribution in [-0.2, 0) is 19.4 Å². The van der Waals surface area contributed by atoms with Gasteiger partial charge in [0.05, 0.1) is 11.2 Å². The number of sulfone groups is 1. The highest BCUT2D eigenvalue weighted by Crippen LogP contribution is 2.18. The quantitative estimate of drug-likeness (QED) is 0.498. The summed E-state index contributed by atoms with van der Waals surface area (Å²) in [5.41, 5.74) is 0. The maximum Gasteiger partial charge on any atom is 0.349 e. The summed E-state index contributed by atoms with van der Waals surface area (Å²) in [6, 6.07) is 7.47. The molecule has 1 rings (SSSR count). The molecule has 6 heteroatoms. The summed E-state index contributed by atoms with van der Waals surface area (Å²) >= 11 is 0. The molecule has 0 amide bonds. The average molecular weight is 268 g/mol. The molecule has 0 unspecified atom stereocenters. The molecule has 1 aromatic rings. The molecule has 0 heterocycles. The second kappa shape index (κ2) is 6.02. The van der Waals surface area contributed by atoms with Gasteiger partial charge in [-0.3, -0.25) is 0 Å². The fraction of sp³-hybridized carbons (Fsp3) is 0.0833. The number of benzene rings is 1. The molecule has 0 atom stereocenters. The molecular formula is C12H12O5S. The third kappa shape index (κ3) is 3.21. The highest BCUT2D eigenvalue weighted by molar-refractivity contribution is 7.96. The van der Waals surface area contributed by atoms with E-state index in [9.17, 15) is 13.2 Å². The Morgan fingerprint density at radius 3 is 2.50 bits per heavy atom. The number of aliphatic hydroxyl groups is 1. The van der Waals surface area contributed by atoms with Crippen LogP contribution in [-0.4, -0.2) is 26.1 Å². The van der Waals surface area contributed by atoms with Gasteiger partial charge in [0.15, 0.2) is 0 Å². The Labute approximate surface area is 105 Å². The topological polar surface area (TPSA) is 80.7 Å². The molecule has 0 saturated heterocycles. The number of ether oxygens (including phenoxy) is 1. The average Bonchev–Trinajstić information content (AvgIpc) is 2.39. The molecule has 0 bridgehead atoms. The smallest absolute Gasteiger partial charge is 0.349 e. The van der Waals surface area contributed by atoms with Crippen molar-refractivity contribution in [2.45, 2.75) is 4.90 Å². The van der Waals surface area contributed by atoms with Gasteiger partial charge in [-0.15, -0.1) is 0 Å². The van der Waals surface area contributed by atoms with Crippen molar-refractivity contribution in [1.82, 2.24) is 0 Å². The lowest BCUT2D eigenvalue weighted by Crippen LogP contribution is -2.15. The van der Waals surface area contributed by atoms with Crippen molar-refractivity contribution in [2.75, 3.05) is 6.61 Å². The minimum Gasteiger partial charge on any atom is -0.516 e. The van der Waals surface area contributed by atoms with Gasteiger partial charge in [0.2, 0.25) is 9.84 Å². The van der Waals surface area contributed by atoms with E-state index in [0.29, 0.717) is 6.26 Å². The number of aliphatic hydroxyl groups excluding tert-OH is 1. The van der Waals surface area contributed by atoms with Gasteiger partial charge in [-0.05, 0) is 18.2 Å². The van der Waals surface area contributed by atoms with Crippen LogP contribution in [0.5, 0.6) is 0 Å². The lowest BCUT2D eigenvalue weighted by molar-refractivity contribution is -0.136. The predicted octanol–water partition coefficient (Wildman–Crippen LogP) is 1.59. The Hall–Kier alpha value is -2.08. The van der Waals surface area contributed by atoms with Crippen LogP contribution in [0.25, 0.3) is 0 Å². The molecule has 0 aromatic heterocycles. The normalized spacial score (nSPS) is 11.3. The number of hydrogen-bond donors (Lipinski definition) is 1. The second-order valence-corrected chi connectivity index (χ2v) is 5.19. The molecule has 96 valence electrons. The van der Waals surface area contributed by atoms with E-state index in [0.717, 1.165) is 6.08 Å². The zero-order valence-electron chi connectivity index (χ0n) is 9.44. The van der Waals surface area contributed by atoms with Gasteiger partial charge >= 0.3 is 5.97 Å². The van der Waals surface area contributed by atoms with Crippen LogP contribution in [0.3, 0.4) is 0 Å². The molecule has 5 nitrogen and oxygen atoms in total. The molecule has 0 saturated carbocycles. The van der Waals surface area contributed by atoms with Crippen molar-refractivity contribution in [2.24, 2.45) is 0 Å². The first-order chi connectivity index (χ1) is 8.50. The van der Waals surface area contributed by atoms with Gasteiger partial charge in [-0.1, -0.05) is 24.8 Å². The zero-order valence-corrected chi connectivity index (χ0v) is 10.3. The van der Waals surface area contributed by atoms with E-state index in [1.165, 1.54) is 12.1 Å². The summed E-state index contributed by atoms with van der Waals surface area (Å²) in [7, 11) is -3.93. The Morgan fingerprint density at radius 2 is 1.94 bits per heavy atom. The number of carbonyl (C=O) groups is 1. The van der Waals surface area contributed by atoms with Crippen molar-refractivity contribution in [1.29, 1.82) is 0 Å². The number of esters is 1. The highest BCUT2D eigenvalue weighted by atomic mass is 32.2. The Balaban J connectivity index is 2.87. The van der Waals surface area contributed by atoms with Crippen molar-refractivity contribution < 1.29 is 23.1 Å². The van der Waals surface area contributed by atoms with E-state index in [4.69, 9.17) is 5.11 Å². The lowest BCUT2D eigenvalue weighted by atomic mass is 10.4. The SMILES string of the molecule is C=C(C(=O)OCC=CO)S(=O)(=O)c1ccccc1. The number of rotatable bonds is 5. The number of carbonyl (C=O) groups excluding carboxylic acids is 1. The summed E-state index contributed by atoms with van der Waals surface area (Å²) < 4.78 is 28.5. The van der Waals surface area contributed by atoms with Crippen molar-refractivity contribution in [3.8, 4) is 0 Å². The van der Waals surface area contributed by atoms with Crippen molar-refractivity contribution >= 4 is 15.8 Å². The summed E-state index contributed by atoms with van der Waals surface area (Å²) in [6.45, 7) is 3.01. The summed E-state index contributed by atoms with van der Waals surface area (Å²) in [5.74, 6) is -1.04. The fourth-order valence-electron chi connectivity index (χ4n) is 1.10. The van der Waals surface area contributed by atoms with E-state index in [1.807, 2.05) is 0 Å². The first kappa shape index (κ1) is 14.0. The van der Waals surface area contributed by atoms with Gasteiger partial charge in [-0.2, -0.15) is 0 Å². The van der Waals surface area contributed by atoms with Gasteiger partial charge in [0, 0.05) is 0 Å². The third-order valence-electron chi connectivity index (χ3n) is 2.02. The van der Waals surface area contributed by atoms with E-state index >= 15 is 0 Å². The summed E-state index contributed by atoms with van der Waals surface area (Å²) in [6.07, 6.45) is 1.85. The van der Waals surface area contributed by atoms with Crippen LogP contribution in [0, 0.1) is 0 Å². The van der Waals surface area contributed by atoms with Crippen molar-refractivity contribution in [3.05, 3.63) is 54.2 Å². The summed E-state index contributed by atoms with van der Waals surface area (Å²) in [5, 5.41) is 8.34. The largest absolute Gasteiger partial charge is 0.516 e. The second-order valence-electron chi connectivity index (χ2n) is 3.22. The van der Waals surface area contributed by atoms with Crippen LogP contribution >= 0.6 is 0 Å². The third-order valence-corrected chi connectivity index (χ3v) is 3.73. The van der Waals surface area contributed by atoms with Crippen LogP contribution in [0.1, 0.15) is 0 Å². The van der Waals surface area contributed by atoms with Crippen LogP contribution in [0.15, 0.2) is 59.0 Å². The van der Waals surface area contributed by atoms with E-state index in [1.54, 1.807) is 18.2 Å². The summed E-state index contributed by atoms with van der Waals surface area (Å²) in [4.78, 5) is 10.8. The molecule has 1 aromatic carbocycles. The molecule has 0 aliphatic carbocycles. The number of hydrogen-bond acceptors (Lipinski definition) is 5. The maximum atomic E-state index is 11.9.